The molecule has 1 aliphatic carbocycles. The Hall–Kier alpha value is -4.23. The minimum atomic E-state index is -4.86. The summed E-state index contributed by atoms with van der Waals surface area (Å²) in [4.78, 5) is 32.4. The third kappa shape index (κ3) is 5.56. The van der Waals surface area contributed by atoms with Crippen molar-refractivity contribution in [3.8, 4) is 11.3 Å². The van der Waals surface area contributed by atoms with Crippen molar-refractivity contribution in [3.05, 3.63) is 80.8 Å². The minimum Gasteiger partial charge on any atom is -0.380 e. The van der Waals surface area contributed by atoms with Crippen LogP contribution in [0.5, 0.6) is 0 Å². The summed E-state index contributed by atoms with van der Waals surface area (Å²) in [5, 5.41) is 8.62. The van der Waals surface area contributed by atoms with Gasteiger partial charge in [0.1, 0.15) is 17.1 Å². The van der Waals surface area contributed by atoms with E-state index in [1.54, 1.807) is 17.4 Å². The van der Waals surface area contributed by atoms with Gasteiger partial charge in [-0.3, -0.25) is 19.6 Å². The van der Waals surface area contributed by atoms with Gasteiger partial charge in [0.2, 0.25) is 0 Å². The summed E-state index contributed by atoms with van der Waals surface area (Å²) in [6.07, 6.45) is -0.854. The standard InChI is InChI=1S/C26H22F6N6O2/c27-18-8-16-14(7-17(18)19-9-34-21(10-33-19)23(28)29)4-5-38(25(16)40)12-13-2-1-3-15(6-13)36-20-11-35-37-24(39)22(20)26(30,31)32/h4-5,7-11,13,15,23H,1-3,6,12H2,(H2,36,37,39)/t13-,15+/m1/s1. The number of aromatic nitrogens is 5. The van der Waals surface area contributed by atoms with Crippen LogP contribution < -0.4 is 16.4 Å². The summed E-state index contributed by atoms with van der Waals surface area (Å²) in [7, 11) is 0. The highest BCUT2D eigenvalue weighted by atomic mass is 19.4. The van der Waals surface area contributed by atoms with Gasteiger partial charge in [0.05, 0.1) is 35.4 Å². The highest BCUT2D eigenvalue weighted by Gasteiger charge is 2.38. The van der Waals surface area contributed by atoms with Crippen molar-refractivity contribution < 1.29 is 26.3 Å². The predicted octanol–water partition coefficient (Wildman–Crippen LogP) is 5.31. The lowest BCUT2D eigenvalue weighted by Crippen LogP contribution is -2.33. The van der Waals surface area contributed by atoms with Crippen molar-refractivity contribution in [2.45, 2.75) is 50.9 Å². The Labute approximate surface area is 222 Å². The molecule has 8 nitrogen and oxygen atoms in total. The molecule has 5 rings (SSSR count). The molecule has 0 bridgehead atoms. The van der Waals surface area contributed by atoms with Gasteiger partial charge in [-0.1, -0.05) is 6.42 Å². The van der Waals surface area contributed by atoms with Crippen molar-refractivity contribution in [2.24, 2.45) is 5.92 Å². The van der Waals surface area contributed by atoms with E-state index in [9.17, 15) is 35.9 Å². The molecule has 0 aliphatic heterocycles. The molecule has 0 radical (unpaired) electrons. The van der Waals surface area contributed by atoms with Gasteiger partial charge in [0.15, 0.2) is 0 Å². The number of nitrogens with one attached hydrogen (secondary N) is 2. The van der Waals surface area contributed by atoms with Crippen LogP contribution in [0.4, 0.5) is 32.0 Å². The van der Waals surface area contributed by atoms with E-state index >= 15 is 0 Å². The van der Waals surface area contributed by atoms with Crippen LogP contribution in [0.2, 0.25) is 0 Å². The van der Waals surface area contributed by atoms with Crippen molar-refractivity contribution in [1.82, 2.24) is 24.7 Å². The van der Waals surface area contributed by atoms with E-state index < -0.39 is 46.5 Å². The fraction of sp³-hybridized carbons (Fsp3) is 0.346. The zero-order chi connectivity index (χ0) is 28.6. The quantitative estimate of drug-likeness (QED) is 0.308. The number of H-pyrrole nitrogens is 1. The summed E-state index contributed by atoms with van der Waals surface area (Å²) in [6, 6.07) is 3.71. The molecule has 2 atom stereocenters. The number of benzene rings is 1. The Morgan fingerprint density at radius 3 is 2.60 bits per heavy atom. The third-order valence-corrected chi connectivity index (χ3v) is 6.97. The predicted molar refractivity (Wildman–Crippen MR) is 133 cm³/mol. The van der Waals surface area contributed by atoms with Crippen molar-refractivity contribution in [3.63, 3.8) is 0 Å². The van der Waals surface area contributed by atoms with Gasteiger partial charge in [0, 0.05) is 24.3 Å². The number of hydrogen-bond acceptors (Lipinski definition) is 6. The molecule has 0 unspecified atom stereocenters. The molecule has 40 heavy (non-hydrogen) atoms. The van der Waals surface area contributed by atoms with E-state index in [1.165, 1.54) is 10.6 Å². The first-order chi connectivity index (χ1) is 19.0. The number of hydrogen-bond donors (Lipinski definition) is 2. The first-order valence-electron chi connectivity index (χ1n) is 12.4. The van der Waals surface area contributed by atoms with Crippen LogP contribution >= 0.6 is 0 Å². The molecule has 3 aromatic heterocycles. The summed E-state index contributed by atoms with van der Waals surface area (Å²) >= 11 is 0. The fourth-order valence-corrected chi connectivity index (χ4v) is 5.11. The molecule has 1 aromatic carbocycles. The largest absolute Gasteiger partial charge is 0.423 e. The first kappa shape index (κ1) is 27.3. The average molecular weight is 564 g/mol. The number of alkyl halides is 5. The Kier molecular flexibility index (Phi) is 7.34. The Morgan fingerprint density at radius 1 is 1.10 bits per heavy atom. The highest BCUT2D eigenvalue weighted by molar-refractivity contribution is 5.86. The molecule has 1 fully saturated rings. The number of nitrogens with zero attached hydrogens (tertiary/aromatic N) is 4. The molecule has 3 heterocycles. The Bertz CT molecular complexity index is 1650. The lowest BCUT2D eigenvalue weighted by Gasteiger charge is -2.31. The molecule has 2 N–H and O–H groups in total. The molecule has 4 aromatic rings. The SMILES string of the molecule is O=c1[nH]ncc(N[C@H]2CCC[C@@H](Cn3ccc4cc(-c5cnc(C(F)F)cn5)c(F)cc4c3=O)C2)c1C(F)(F)F. The van der Waals surface area contributed by atoms with E-state index in [0.717, 1.165) is 31.1 Å². The smallest absolute Gasteiger partial charge is 0.380 e. The maximum absolute atomic E-state index is 15.0. The van der Waals surface area contributed by atoms with E-state index in [1.807, 2.05) is 0 Å². The number of anilines is 1. The van der Waals surface area contributed by atoms with Gasteiger partial charge in [-0.05, 0) is 48.8 Å². The maximum Gasteiger partial charge on any atom is 0.423 e. The molecular weight excluding hydrogens is 542 g/mol. The summed E-state index contributed by atoms with van der Waals surface area (Å²) in [5.74, 6) is -0.839. The van der Waals surface area contributed by atoms with Gasteiger partial charge in [-0.2, -0.15) is 18.3 Å². The maximum atomic E-state index is 15.0. The molecule has 0 spiro atoms. The molecule has 1 aliphatic rings. The second-order valence-electron chi connectivity index (χ2n) is 9.68. The number of rotatable bonds is 6. The number of fused-ring (bicyclic) bond motifs is 1. The fourth-order valence-electron chi connectivity index (χ4n) is 5.11. The van der Waals surface area contributed by atoms with E-state index in [0.29, 0.717) is 24.6 Å². The number of pyridine rings is 1. The van der Waals surface area contributed by atoms with Crippen LogP contribution in [-0.4, -0.2) is 30.8 Å². The minimum absolute atomic E-state index is 0.00614. The molecule has 1 saturated carbocycles. The summed E-state index contributed by atoms with van der Waals surface area (Å²) in [6.45, 7) is 0.261. The molecule has 0 saturated heterocycles. The Morgan fingerprint density at radius 2 is 1.90 bits per heavy atom. The zero-order valence-corrected chi connectivity index (χ0v) is 20.7. The first-order valence-corrected chi connectivity index (χ1v) is 12.4. The van der Waals surface area contributed by atoms with Gasteiger partial charge < -0.3 is 9.88 Å². The molecule has 0 amide bonds. The van der Waals surface area contributed by atoms with Crippen LogP contribution in [0, 0.1) is 11.7 Å². The third-order valence-electron chi connectivity index (χ3n) is 6.97. The van der Waals surface area contributed by atoms with Crippen LogP contribution in [0.1, 0.15) is 43.4 Å². The number of halogens is 6. The normalized spacial score (nSPS) is 17.9. The highest BCUT2D eigenvalue weighted by Crippen LogP contribution is 2.34. The summed E-state index contributed by atoms with van der Waals surface area (Å²) < 4.78 is 82.1. The van der Waals surface area contributed by atoms with E-state index in [2.05, 4.69) is 20.4 Å². The topological polar surface area (TPSA) is 106 Å². The van der Waals surface area contributed by atoms with Crippen molar-refractivity contribution in [2.75, 3.05) is 5.32 Å². The van der Waals surface area contributed by atoms with Gasteiger partial charge in [-0.25, -0.2) is 18.3 Å². The number of aromatic amines is 1. The zero-order valence-electron chi connectivity index (χ0n) is 20.7. The van der Waals surface area contributed by atoms with Crippen LogP contribution in [0.3, 0.4) is 0 Å². The van der Waals surface area contributed by atoms with Crippen molar-refractivity contribution in [1.29, 1.82) is 0 Å². The van der Waals surface area contributed by atoms with E-state index in [-0.39, 0.29) is 35.1 Å². The van der Waals surface area contributed by atoms with Crippen LogP contribution in [0.25, 0.3) is 22.0 Å². The second kappa shape index (κ2) is 10.7. The van der Waals surface area contributed by atoms with Crippen molar-refractivity contribution >= 4 is 16.5 Å². The Balaban J connectivity index is 1.35. The van der Waals surface area contributed by atoms with Gasteiger partial charge in [0.25, 0.3) is 17.5 Å². The lowest BCUT2D eigenvalue weighted by atomic mass is 9.85. The molecule has 14 heteroatoms. The van der Waals surface area contributed by atoms with Crippen LogP contribution in [0.15, 0.2) is 52.6 Å². The monoisotopic (exact) mass is 564 g/mol. The lowest BCUT2D eigenvalue weighted by molar-refractivity contribution is -0.138. The van der Waals surface area contributed by atoms with Gasteiger partial charge >= 0.3 is 6.18 Å². The average Bonchev–Trinajstić information content (AvgIpc) is 2.90. The molecule has 210 valence electrons. The van der Waals surface area contributed by atoms with Gasteiger partial charge in [-0.15, -0.1) is 0 Å². The second-order valence-corrected chi connectivity index (χ2v) is 9.68. The summed E-state index contributed by atoms with van der Waals surface area (Å²) in [5.41, 5.74) is -4.01. The molecular formula is C26H22F6N6O2. The van der Waals surface area contributed by atoms with E-state index in [4.69, 9.17) is 0 Å². The van der Waals surface area contributed by atoms with Crippen LogP contribution in [-0.2, 0) is 12.7 Å².